The predicted octanol–water partition coefficient (Wildman–Crippen LogP) is 5.03. The number of thiophene rings is 2. The van der Waals surface area contributed by atoms with Gasteiger partial charge in [0.05, 0.1) is 13.7 Å². The molecule has 0 saturated heterocycles. The van der Waals surface area contributed by atoms with Gasteiger partial charge in [0.25, 0.3) is 0 Å². The van der Waals surface area contributed by atoms with Crippen LogP contribution >= 0.6 is 22.7 Å². The lowest BCUT2D eigenvalue weighted by Crippen LogP contribution is -2.30. The molecule has 4 aromatic rings. The van der Waals surface area contributed by atoms with E-state index < -0.39 is 0 Å². The minimum atomic E-state index is -0.00106. The van der Waals surface area contributed by atoms with Crippen LogP contribution in [-0.2, 0) is 17.8 Å². The van der Waals surface area contributed by atoms with Crippen molar-refractivity contribution in [3.8, 4) is 17.1 Å². The van der Waals surface area contributed by atoms with Gasteiger partial charge < -0.3 is 14.2 Å². The van der Waals surface area contributed by atoms with E-state index in [1.165, 1.54) is 0 Å². The van der Waals surface area contributed by atoms with Crippen molar-refractivity contribution in [1.29, 1.82) is 0 Å². The number of aromatic nitrogens is 2. The van der Waals surface area contributed by atoms with Crippen LogP contribution in [0.3, 0.4) is 0 Å². The van der Waals surface area contributed by atoms with Gasteiger partial charge in [0, 0.05) is 34.3 Å². The highest BCUT2D eigenvalue weighted by Crippen LogP contribution is 2.24. The molecule has 4 rings (SSSR count). The zero-order valence-corrected chi connectivity index (χ0v) is 17.4. The third-order valence-corrected chi connectivity index (χ3v) is 5.92. The third-order valence-electron chi connectivity index (χ3n) is 4.38. The average Bonchev–Trinajstić information content (AvgIpc) is 3.52. The Bertz CT molecular complexity index is 1040. The molecule has 0 saturated carbocycles. The van der Waals surface area contributed by atoms with E-state index in [1.54, 1.807) is 34.7 Å². The van der Waals surface area contributed by atoms with Crippen LogP contribution in [0.25, 0.3) is 11.4 Å². The Hall–Kier alpha value is -2.97. The average molecular weight is 426 g/mol. The molecule has 0 unspecified atom stereocenters. The van der Waals surface area contributed by atoms with Crippen LogP contribution in [0, 0.1) is 0 Å². The van der Waals surface area contributed by atoms with E-state index in [9.17, 15) is 4.79 Å². The van der Waals surface area contributed by atoms with Crippen molar-refractivity contribution in [3.05, 3.63) is 69.4 Å². The molecular weight excluding hydrogens is 406 g/mol. The monoisotopic (exact) mass is 425 g/mol. The SMILES string of the molecule is COc1ccc(N(Cc2cccs2)C(=O)CCc2nc(-c3ccsc3)no2)cc1. The Kier molecular flexibility index (Phi) is 6.02. The number of carbonyl (C=O) groups excluding carboxylic acids is 1. The molecule has 3 heterocycles. The van der Waals surface area contributed by atoms with Crippen LogP contribution in [-0.4, -0.2) is 23.2 Å². The van der Waals surface area contributed by atoms with Gasteiger partial charge in [0.15, 0.2) is 0 Å². The molecule has 0 N–H and O–H groups in total. The molecule has 1 amide bonds. The molecule has 0 radical (unpaired) electrons. The van der Waals surface area contributed by atoms with Crippen molar-refractivity contribution in [1.82, 2.24) is 10.1 Å². The van der Waals surface area contributed by atoms with Crippen molar-refractivity contribution < 1.29 is 14.1 Å². The number of methoxy groups -OCH3 is 1. The summed E-state index contributed by atoms with van der Waals surface area (Å²) in [4.78, 5) is 20.3. The first-order chi connectivity index (χ1) is 14.2. The van der Waals surface area contributed by atoms with Crippen molar-refractivity contribution in [2.24, 2.45) is 0 Å². The summed E-state index contributed by atoms with van der Waals surface area (Å²) in [5.41, 5.74) is 1.75. The maximum Gasteiger partial charge on any atom is 0.227 e. The number of hydrogen-bond donors (Lipinski definition) is 0. The van der Waals surface area contributed by atoms with Crippen LogP contribution in [0.2, 0.25) is 0 Å². The zero-order valence-electron chi connectivity index (χ0n) is 15.8. The highest BCUT2D eigenvalue weighted by molar-refractivity contribution is 7.10. The second kappa shape index (κ2) is 9.02. The summed E-state index contributed by atoms with van der Waals surface area (Å²) < 4.78 is 10.5. The number of rotatable bonds is 8. The Morgan fingerprint density at radius 2 is 2.03 bits per heavy atom. The molecule has 8 heteroatoms. The van der Waals surface area contributed by atoms with E-state index in [1.807, 2.05) is 58.6 Å². The summed E-state index contributed by atoms with van der Waals surface area (Å²) in [5.74, 6) is 1.77. The third kappa shape index (κ3) is 4.72. The predicted molar refractivity (Wildman–Crippen MR) is 114 cm³/mol. The first-order valence-corrected chi connectivity index (χ1v) is 10.9. The fourth-order valence-corrected chi connectivity index (χ4v) is 4.19. The summed E-state index contributed by atoms with van der Waals surface area (Å²) in [6.07, 6.45) is 0.676. The van der Waals surface area contributed by atoms with Gasteiger partial charge in [-0.3, -0.25) is 4.79 Å². The highest BCUT2D eigenvalue weighted by atomic mass is 32.1. The molecule has 1 aromatic carbocycles. The number of amides is 1. The number of benzene rings is 1. The summed E-state index contributed by atoms with van der Waals surface area (Å²) in [6, 6.07) is 13.5. The van der Waals surface area contributed by atoms with Gasteiger partial charge in [-0.15, -0.1) is 11.3 Å². The van der Waals surface area contributed by atoms with Gasteiger partial charge in [-0.2, -0.15) is 16.3 Å². The maximum atomic E-state index is 13.0. The van der Waals surface area contributed by atoms with E-state index in [0.717, 1.165) is 21.9 Å². The summed E-state index contributed by atoms with van der Waals surface area (Å²) in [6.45, 7) is 0.521. The van der Waals surface area contributed by atoms with Crippen LogP contribution in [0.5, 0.6) is 5.75 Å². The van der Waals surface area contributed by atoms with Crippen molar-refractivity contribution in [2.75, 3.05) is 12.0 Å². The highest BCUT2D eigenvalue weighted by Gasteiger charge is 2.19. The molecule has 0 fully saturated rings. The number of nitrogens with zero attached hydrogens (tertiary/aromatic N) is 3. The molecule has 0 bridgehead atoms. The summed E-state index contributed by atoms with van der Waals surface area (Å²) in [5, 5.41) is 9.94. The number of carbonyl (C=O) groups is 1. The van der Waals surface area contributed by atoms with Gasteiger partial charge in [0.2, 0.25) is 17.6 Å². The summed E-state index contributed by atoms with van der Waals surface area (Å²) >= 11 is 3.21. The van der Waals surface area contributed by atoms with Gasteiger partial charge in [-0.25, -0.2) is 0 Å². The summed E-state index contributed by atoms with van der Waals surface area (Å²) in [7, 11) is 1.62. The minimum Gasteiger partial charge on any atom is -0.497 e. The maximum absolute atomic E-state index is 13.0. The van der Waals surface area contributed by atoms with Crippen LogP contribution < -0.4 is 9.64 Å². The molecule has 29 heavy (non-hydrogen) atoms. The van der Waals surface area contributed by atoms with E-state index in [2.05, 4.69) is 10.1 Å². The van der Waals surface area contributed by atoms with Gasteiger partial charge >= 0.3 is 0 Å². The molecular formula is C21H19N3O3S2. The molecule has 0 aliphatic carbocycles. The second-order valence-electron chi connectivity index (χ2n) is 6.28. The lowest BCUT2D eigenvalue weighted by atomic mass is 10.2. The van der Waals surface area contributed by atoms with Crippen LogP contribution in [0.4, 0.5) is 5.69 Å². The van der Waals surface area contributed by atoms with Crippen molar-refractivity contribution >= 4 is 34.3 Å². The van der Waals surface area contributed by atoms with E-state index in [4.69, 9.17) is 9.26 Å². The topological polar surface area (TPSA) is 68.5 Å². The Labute approximate surface area is 176 Å². The Balaban J connectivity index is 1.47. The molecule has 6 nitrogen and oxygen atoms in total. The van der Waals surface area contributed by atoms with Gasteiger partial charge in [0.1, 0.15) is 5.75 Å². The normalized spacial score (nSPS) is 10.8. The Morgan fingerprint density at radius 1 is 1.17 bits per heavy atom. The van der Waals surface area contributed by atoms with Crippen molar-refractivity contribution in [2.45, 2.75) is 19.4 Å². The smallest absolute Gasteiger partial charge is 0.227 e. The first-order valence-electron chi connectivity index (χ1n) is 9.05. The molecule has 0 aliphatic rings. The first kappa shape index (κ1) is 19.4. The fourth-order valence-electron chi connectivity index (χ4n) is 2.86. The number of ether oxygens (including phenoxy) is 1. The lowest BCUT2D eigenvalue weighted by Gasteiger charge is -2.22. The largest absolute Gasteiger partial charge is 0.497 e. The minimum absolute atomic E-state index is 0.00106. The van der Waals surface area contributed by atoms with E-state index in [0.29, 0.717) is 24.7 Å². The number of anilines is 1. The van der Waals surface area contributed by atoms with Crippen LogP contribution in [0.15, 0.2) is 63.1 Å². The lowest BCUT2D eigenvalue weighted by molar-refractivity contribution is -0.118. The fraction of sp³-hybridized carbons (Fsp3) is 0.190. The molecule has 148 valence electrons. The van der Waals surface area contributed by atoms with Crippen LogP contribution in [0.1, 0.15) is 17.2 Å². The molecule has 0 aliphatic heterocycles. The molecule has 0 spiro atoms. The van der Waals surface area contributed by atoms with Crippen molar-refractivity contribution in [3.63, 3.8) is 0 Å². The molecule has 3 aromatic heterocycles. The van der Waals surface area contributed by atoms with Gasteiger partial charge in [-0.05, 0) is 47.2 Å². The number of hydrogen-bond acceptors (Lipinski definition) is 7. The van der Waals surface area contributed by atoms with E-state index in [-0.39, 0.29) is 12.3 Å². The molecule has 0 atom stereocenters. The Morgan fingerprint density at radius 3 is 2.72 bits per heavy atom. The quantitative estimate of drug-likeness (QED) is 0.396. The standard InChI is InChI=1S/C21H19N3O3S2/c1-26-17-6-4-16(5-7-17)24(13-18-3-2-11-29-18)20(25)9-8-19-22-21(23-27-19)15-10-12-28-14-15/h2-7,10-12,14H,8-9,13H2,1H3. The number of aryl methyl sites for hydroxylation is 1. The zero-order chi connectivity index (χ0) is 20.1. The second-order valence-corrected chi connectivity index (χ2v) is 8.09. The van der Waals surface area contributed by atoms with Gasteiger partial charge in [-0.1, -0.05) is 11.2 Å². The van der Waals surface area contributed by atoms with E-state index >= 15 is 0 Å².